The van der Waals surface area contributed by atoms with Crippen molar-refractivity contribution in [1.82, 2.24) is 0 Å². The first kappa shape index (κ1) is 8.64. The summed E-state index contributed by atoms with van der Waals surface area (Å²) in [6, 6.07) is 0. The molecular formula is C10H14S2. The summed E-state index contributed by atoms with van der Waals surface area (Å²) in [5, 5.41) is 0.783. The monoisotopic (exact) mass is 198 g/mol. The zero-order valence-corrected chi connectivity index (χ0v) is 9.60. The number of hydrogen-bond donors (Lipinski definition) is 0. The van der Waals surface area contributed by atoms with Crippen molar-refractivity contribution in [2.24, 2.45) is 0 Å². The number of fused-ring (bicyclic) bond motifs is 1. The van der Waals surface area contributed by atoms with Gasteiger partial charge in [0.1, 0.15) is 0 Å². The molecule has 0 nitrogen and oxygen atoms in total. The van der Waals surface area contributed by atoms with E-state index in [1.807, 2.05) is 11.3 Å². The summed E-state index contributed by atoms with van der Waals surface area (Å²) >= 11 is 4.05. The van der Waals surface area contributed by atoms with Gasteiger partial charge in [-0.05, 0) is 19.4 Å². The highest BCUT2D eigenvalue weighted by atomic mass is 32.2. The average Bonchev–Trinajstić information content (AvgIpc) is 2.43. The van der Waals surface area contributed by atoms with Gasteiger partial charge in [-0.15, -0.1) is 23.1 Å². The summed E-state index contributed by atoms with van der Waals surface area (Å²) in [5.74, 6) is 0.766. The molecule has 2 heterocycles. The third kappa shape index (κ3) is 1.05. The van der Waals surface area contributed by atoms with Gasteiger partial charge < -0.3 is 0 Å². The molecule has 66 valence electrons. The fraction of sp³-hybridized carbons (Fsp3) is 0.600. The van der Waals surface area contributed by atoms with Gasteiger partial charge in [0.05, 0.1) is 0 Å². The van der Waals surface area contributed by atoms with Crippen molar-refractivity contribution < 1.29 is 0 Å². The minimum absolute atomic E-state index is 0.766. The number of hydrogen-bond acceptors (Lipinski definition) is 2. The quantitative estimate of drug-likeness (QED) is 0.608. The lowest BCUT2D eigenvalue weighted by Crippen LogP contribution is -1.98. The third-order valence-corrected chi connectivity index (χ3v) is 5.86. The Hall–Kier alpha value is 0.0500. The number of aryl methyl sites for hydroxylation is 1. The van der Waals surface area contributed by atoms with Crippen LogP contribution in [-0.4, -0.2) is 5.25 Å². The molecule has 0 N–H and O–H groups in total. The van der Waals surface area contributed by atoms with Crippen LogP contribution in [0, 0.1) is 13.8 Å². The maximum atomic E-state index is 2.35. The lowest BCUT2D eigenvalue weighted by Gasteiger charge is -2.07. The van der Waals surface area contributed by atoms with Crippen LogP contribution >= 0.6 is 23.1 Å². The van der Waals surface area contributed by atoms with Crippen LogP contribution in [0.15, 0.2) is 4.90 Å². The van der Waals surface area contributed by atoms with Crippen LogP contribution in [0.5, 0.6) is 0 Å². The van der Waals surface area contributed by atoms with Gasteiger partial charge in [0, 0.05) is 25.8 Å². The van der Waals surface area contributed by atoms with Crippen LogP contribution in [0.25, 0.3) is 0 Å². The molecular weight excluding hydrogens is 184 g/mol. The van der Waals surface area contributed by atoms with E-state index in [9.17, 15) is 0 Å². The molecule has 2 rings (SSSR count). The van der Waals surface area contributed by atoms with E-state index in [2.05, 4.69) is 39.5 Å². The van der Waals surface area contributed by atoms with Crippen LogP contribution in [0.3, 0.4) is 0 Å². The molecule has 0 spiro atoms. The van der Waals surface area contributed by atoms with Crippen molar-refractivity contribution >= 4 is 23.1 Å². The molecule has 0 aromatic carbocycles. The minimum atomic E-state index is 0.766. The normalized spacial score (nSPS) is 27.7. The highest BCUT2D eigenvalue weighted by Gasteiger charge is 2.30. The summed E-state index contributed by atoms with van der Waals surface area (Å²) in [7, 11) is 0. The number of thioether (sulfide) groups is 1. The first-order valence-electron chi connectivity index (χ1n) is 4.37. The molecule has 1 unspecified atom stereocenters. The first-order chi connectivity index (χ1) is 5.61. The summed E-state index contributed by atoms with van der Waals surface area (Å²) < 4.78 is 0. The smallest absolute Gasteiger partial charge is 0.0249 e. The molecule has 0 amide bonds. The topological polar surface area (TPSA) is 0 Å². The third-order valence-electron chi connectivity index (χ3n) is 2.78. The fourth-order valence-electron chi connectivity index (χ4n) is 1.58. The van der Waals surface area contributed by atoms with E-state index in [1.165, 1.54) is 10.4 Å². The van der Waals surface area contributed by atoms with E-state index in [-0.39, 0.29) is 0 Å². The Bertz CT molecular complexity index is 312. The predicted molar refractivity (Wildman–Crippen MR) is 57.5 cm³/mol. The molecule has 12 heavy (non-hydrogen) atoms. The lowest BCUT2D eigenvalue weighted by molar-refractivity contribution is 0.777. The van der Waals surface area contributed by atoms with Gasteiger partial charge >= 0.3 is 0 Å². The Morgan fingerprint density at radius 3 is 2.42 bits per heavy atom. The number of thiophene rings is 1. The van der Waals surface area contributed by atoms with E-state index in [0.29, 0.717) is 0 Å². The maximum absolute atomic E-state index is 2.35. The molecule has 2 heteroatoms. The van der Waals surface area contributed by atoms with Crippen LogP contribution in [-0.2, 0) is 0 Å². The van der Waals surface area contributed by atoms with Gasteiger partial charge in [0.15, 0.2) is 0 Å². The fourth-order valence-corrected chi connectivity index (χ4v) is 4.56. The molecule has 0 bridgehead atoms. The van der Waals surface area contributed by atoms with Crippen molar-refractivity contribution in [3.8, 4) is 0 Å². The SMILES string of the molecule is Cc1sc2c(c1C)S[C@@H](C)C2C. The van der Waals surface area contributed by atoms with Gasteiger partial charge in [-0.1, -0.05) is 13.8 Å². The molecule has 1 aliphatic rings. The highest BCUT2D eigenvalue weighted by molar-refractivity contribution is 8.00. The summed E-state index contributed by atoms with van der Waals surface area (Å²) in [4.78, 5) is 4.71. The zero-order valence-electron chi connectivity index (χ0n) is 7.97. The van der Waals surface area contributed by atoms with Gasteiger partial charge in [0.25, 0.3) is 0 Å². The number of rotatable bonds is 0. The van der Waals surface area contributed by atoms with Crippen molar-refractivity contribution in [3.63, 3.8) is 0 Å². The van der Waals surface area contributed by atoms with Gasteiger partial charge in [-0.25, -0.2) is 0 Å². The van der Waals surface area contributed by atoms with Crippen LogP contribution in [0.2, 0.25) is 0 Å². The average molecular weight is 198 g/mol. The van der Waals surface area contributed by atoms with Crippen LogP contribution in [0.1, 0.15) is 35.1 Å². The molecule has 0 radical (unpaired) electrons. The second-order valence-corrected chi connectivity index (χ2v) is 6.23. The van der Waals surface area contributed by atoms with E-state index in [1.54, 1.807) is 9.77 Å². The summed E-state index contributed by atoms with van der Waals surface area (Å²) in [5.41, 5.74) is 1.52. The zero-order chi connectivity index (χ0) is 8.88. The van der Waals surface area contributed by atoms with Crippen LogP contribution in [0.4, 0.5) is 0 Å². The Morgan fingerprint density at radius 2 is 1.83 bits per heavy atom. The first-order valence-corrected chi connectivity index (χ1v) is 6.07. The van der Waals surface area contributed by atoms with Gasteiger partial charge in [-0.3, -0.25) is 0 Å². The summed E-state index contributed by atoms with van der Waals surface area (Å²) in [6.45, 7) is 9.16. The van der Waals surface area contributed by atoms with E-state index in [0.717, 1.165) is 11.2 Å². The largest absolute Gasteiger partial charge is 0.144 e. The molecule has 1 aromatic heterocycles. The Labute approximate surface area is 82.4 Å². The second kappa shape index (κ2) is 2.78. The lowest BCUT2D eigenvalue weighted by atomic mass is 10.1. The highest BCUT2D eigenvalue weighted by Crippen LogP contribution is 2.51. The molecule has 0 aliphatic carbocycles. The molecule has 0 saturated carbocycles. The molecule has 0 fully saturated rings. The van der Waals surface area contributed by atoms with E-state index >= 15 is 0 Å². The standard InChI is InChI=1S/C10H14S2/c1-5-7(3)11-10-6(2)8(4)12-9(5)10/h5,7H,1-4H3/t5?,7-/m0/s1. The molecule has 0 saturated heterocycles. The van der Waals surface area contributed by atoms with Crippen molar-refractivity contribution in [3.05, 3.63) is 15.3 Å². The van der Waals surface area contributed by atoms with Gasteiger partial charge in [0.2, 0.25) is 0 Å². The van der Waals surface area contributed by atoms with Crippen LogP contribution < -0.4 is 0 Å². The minimum Gasteiger partial charge on any atom is -0.144 e. The van der Waals surface area contributed by atoms with E-state index in [4.69, 9.17) is 0 Å². The Kier molecular flexibility index (Phi) is 2.00. The Morgan fingerprint density at radius 1 is 1.17 bits per heavy atom. The van der Waals surface area contributed by atoms with E-state index < -0.39 is 0 Å². The van der Waals surface area contributed by atoms with Crippen molar-refractivity contribution in [2.45, 2.75) is 43.8 Å². The molecule has 1 aromatic rings. The Balaban J connectivity index is 2.52. The molecule has 1 aliphatic heterocycles. The predicted octanol–water partition coefficient (Wildman–Crippen LogP) is 3.96. The van der Waals surface area contributed by atoms with Crippen molar-refractivity contribution in [2.75, 3.05) is 0 Å². The maximum Gasteiger partial charge on any atom is 0.0249 e. The summed E-state index contributed by atoms with van der Waals surface area (Å²) in [6.07, 6.45) is 0. The molecule has 2 atom stereocenters. The second-order valence-electron chi connectivity index (χ2n) is 3.59. The van der Waals surface area contributed by atoms with Gasteiger partial charge in [-0.2, -0.15) is 0 Å². The van der Waals surface area contributed by atoms with Crippen molar-refractivity contribution in [1.29, 1.82) is 0 Å².